The van der Waals surface area contributed by atoms with E-state index in [0.717, 1.165) is 0 Å². The van der Waals surface area contributed by atoms with E-state index in [-0.39, 0.29) is 13.2 Å². The predicted molar refractivity (Wildman–Crippen MR) is 60.0 cm³/mol. The maximum Gasteiger partial charge on any atom is 0.397 e. The first-order valence-electron chi connectivity index (χ1n) is 5.18. The minimum atomic E-state index is -4.49. The maximum absolute atomic E-state index is 11.8. The summed E-state index contributed by atoms with van der Waals surface area (Å²) >= 11 is 0. The third kappa shape index (κ3) is 5.97. The quantitative estimate of drug-likeness (QED) is 0.627. The standard InChI is InChI=1S/C11H13F3N2O2/c12-11(13,14)7-10(17)16-4-5-18-9-3-1-2-8(15)6-9/h1-3,6H,4-5,7,15H2,(H,16,17). The highest BCUT2D eigenvalue weighted by atomic mass is 19.4. The number of halogens is 3. The number of nitrogens with one attached hydrogen (secondary N) is 1. The van der Waals surface area contributed by atoms with Crippen molar-refractivity contribution < 1.29 is 22.7 Å². The fraction of sp³-hybridized carbons (Fsp3) is 0.364. The molecular weight excluding hydrogens is 249 g/mol. The lowest BCUT2D eigenvalue weighted by Crippen LogP contribution is -2.31. The summed E-state index contributed by atoms with van der Waals surface area (Å²) in [6.45, 7) is 0.0801. The van der Waals surface area contributed by atoms with Gasteiger partial charge >= 0.3 is 6.18 Å². The first kappa shape index (κ1) is 14.1. The lowest BCUT2D eigenvalue weighted by molar-refractivity contribution is -0.153. The van der Waals surface area contributed by atoms with E-state index in [2.05, 4.69) is 5.32 Å². The van der Waals surface area contributed by atoms with Crippen LogP contribution in [0.25, 0.3) is 0 Å². The monoisotopic (exact) mass is 262 g/mol. The highest BCUT2D eigenvalue weighted by Gasteiger charge is 2.30. The maximum atomic E-state index is 11.8. The van der Waals surface area contributed by atoms with Crippen molar-refractivity contribution in [2.24, 2.45) is 0 Å². The van der Waals surface area contributed by atoms with E-state index < -0.39 is 18.5 Å². The van der Waals surface area contributed by atoms with Crippen LogP contribution in [0.3, 0.4) is 0 Å². The molecule has 0 bridgehead atoms. The number of nitrogens with two attached hydrogens (primary N) is 1. The molecule has 1 aromatic carbocycles. The molecule has 0 heterocycles. The Morgan fingerprint density at radius 1 is 1.39 bits per heavy atom. The zero-order valence-corrected chi connectivity index (χ0v) is 9.46. The van der Waals surface area contributed by atoms with Crippen LogP contribution in [0.15, 0.2) is 24.3 Å². The normalized spacial score (nSPS) is 11.1. The Labute approximate surface area is 102 Å². The van der Waals surface area contributed by atoms with E-state index in [1.807, 2.05) is 0 Å². The molecule has 0 saturated heterocycles. The topological polar surface area (TPSA) is 64.3 Å². The minimum Gasteiger partial charge on any atom is -0.492 e. The molecule has 0 aliphatic rings. The number of alkyl halides is 3. The highest BCUT2D eigenvalue weighted by Crippen LogP contribution is 2.18. The number of anilines is 1. The molecule has 3 N–H and O–H groups in total. The summed E-state index contributed by atoms with van der Waals surface area (Å²) in [5.74, 6) is -0.571. The van der Waals surface area contributed by atoms with Crippen LogP contribution >= 0.6 is 0 Å². The van der Waals surface area contributed by atoms with Crippen molar-refractivity contribution in [2.75, 3.05) is 18.9 Å². The van der Waals surface area contributed by atoms with Crippen molar-refractivity contribution in [3.63, 3.8) is 0 Å². The summed E-state index contributed by atoms with van der Waals surface area (Å²) in [7, 11) is 0. The third-order valence-electron chi connectivity index (χ3n) is 1.91. The first-order chi connectivity index (χ1) is 8.37. The van der Waals surface area contributed by atoms with Crippen molar-refractivity contribution in [3.05, 3.63) is 24.3 Å². The molecule has 0 atom stereocenters. The number of benzene rings is 1. The molecule has 100 valence electrons. The number of rotatable bonds is 5. The molecule has 1 rings (SSSR count). The summed E-state index contributed by atoms with van der Waals surface area (Å²) < 4.78 is 40.6. The zero-order chi connectivity index (χ0) is 13.6. The highest BCUT2D eigenvalue weighted by molar-refractivity contribution is 5.76. The van der Waals surface area contributed by atoms with Crippen molar-refractivity contribution >= 4 is 11.6 Å². The van der Waals surface area contributed by atoms with Crippen molar-refractivity contribution in [3.8, 4) is 5.75 Å². The van der Waals surface area contributed by atoms with Crippen LogP contribution in [0.2, 0.25) is 0 Å². The Bertz CT molecular complexity index is 408. The van der Waals surface area contributed by atoms with Gasteiger partial charge in [0.05, 0.1) is 6.54 Å². The second-order valence-corrected chi connectivity index (χ2v) is 3.56. The average Bonchev–Trinajstić information content (AvgIpc) is 2.22. The number of nitrogen functional groups attached to an aromatic ring is 1. The average molecular weight is 262 g/mol. The number of hydrogen-bond donors (Lipinski definition) is 2. The van der Waals surface area contributed by atoms with Crippen molar-refractivity contribution in [2.45, 2.75) is 12.6 Å². The number of carbonyl (C=O) groups excluding carboxylic acids is 1. The zero-order valence-electron chi connectivity index (χ0n) is 9.46. The fourth-order valence-corrected chi connectivity index (χ4v) is 1.21. The molecule has 0 aromatic heterocycles. The van der Waals surface area contributed by atoms with Crippen LogP contribution in [-0.2, 0) is 4.79 Å². The lowest BCUT2D eigenvalue weighted by Gasteiger charge is -2.09. The van der Waals surface area contributed by atoms with Gasteiger partial charge in [0, 0.05) is 11.8 Å². The van der Waals surface area contributed by atoms with Gasteiger partial charge in [-0.3, -0.25) is 4.79 Å². The van der Waals surface area contributed by atoms with Gasteiger partial charge in [-0.1, -0.05) is 6.07 Å². The summed E-state index contributed by atoms with van der Waals surface area (Å²) in [6, 6.07) is 6.61. The first-order valence-corrected chi connectivity index (χ1v) is 5.18. The Hall–Kier alpha value is -1.92. The molecule has 0 fully saturated rings. The van der Waals surface area contributed by atoms with Crippen LogP contribution in [-0.4, -0.2) is 25.2 Å². The van der Waals surface area contributed by atoms with Gasteiger partial charge in [0.15, 0.2) is 0 Å². The number of carbonyl (C=O) groups is 1. The Morgan fingerprint density at radius 3 is 2.72 bits per heavy atom. The molecule has 0 aliphatic carbocycles. The number of hydrogen-bond acceptors (Lipinski definition) is 3. The van der Waals surface area contributed by atoms with E-state index in [1.165, 1.54) is 0 Å². The van der Waals surface area contributed by atoms with E-state index in [4.69, 9.17) is 10.5 Å². The second kappa shape index (κ2) is 6.13. The van der Waals surface area contributed by atoms with Gasteiger partial charge in [0.2, 0.25) is 5.91 Å². The van der Waals surface area contributed by atoms with Gasteiger partial charge in [0.25, 0.3) is 0 Å². The van der Waals surface area contributed by atoms with Crippen LogP contribution in [0.4, 0.5) is 18.9 Å². The van der Waals surface area contributed by atoms with Crippen LogP contribution < -0.4 is 15.8 Å². The van der Waals surface area contributed by atoms with Crippen molar-refractivity contribution in [1.29, 1.82) is 0 Å². The Kier molecular flexibility index (Phi) is 4.82. The van der Waals surface area contributed by atoms with Gasteiger partial charge in [-0.05, 0) is 12.1 Å². The summed E-state index contributed by atoms with van der Waals surface area (Å²) in [4.78, 5) is 10.8. The molecule has 1 aromatic rings. The minimum absolute atomic E-state index is 0.00368. The van der Waals surface area contributed by atoms with E-state index in [9.17, 15) is 18.0 Å². The smallest absolute Gasteiger partial charge is 0.397 e. The van der Waals surface area contributed by atoms with Gasteiger partial charge in [-0.2, -0.15) is 13.2 Å². The third-order valence-corrected chi connectivity index (χ3v) is 1.91. The number of amides is 1. The fourth-order valence-electron chi connectivity index (χ4n) is 1.21. The van der Waals surface area contributed by atoms with Crippen LogP contribution in [0.1, 0.15) is 6.42 Å². The van der Waals surface area contributed by atoms with Crippen molar-refractivity contribution in [1.82, 2.24) is 5.32 Å². The molecule has 18 heavy (non-hydrogen) atoms. The van der Waals surface area contributed by atoms with Gasteiger partial charge in [-0.25, -0.2) is 0 Å². The van der Waals surface area contributed by atoms with Gasteiger partial charge < -0.3 is 15.8 Å². The Balaban J connectivity index is 2.21. The van der Waals surface area contributed by atoms with E-state index in [1.54, 1.807) is 24.3 Å². The number of ether oxygens (including phenoxy) is 1. The molecule has 0 spiro atoms. The predicted octanol–water partition coefficient (Wildman–Crippen LogP) is 1.72. The molecule has 0 unspecified atom stereocenters. The largest absolute Gasteiger partial charge is 0.492 e. The van der Waals surface area contributed by atoms with Crippen LogP contribution in [0, 0.1) is 0 Å². The van der Waals surface area contributed by atoms with Crippen LogP contribution in [0.5, 0.6) is 5.75 Å². The molecule has 4 nitrogen and oxygen atoms in total. The lowest BCUT2D eigenvalue weighted by atomic mass is 10.3. The summed E-state index contributed by atoms with van der Waals surface area (Å²) in [5, 5.41) is 2.11. The molecule has 0 radical (unpaired) electrons. The van der Waals surface area contributed by atoms with Gasteiger partial charge in [-0.15, -0.1) is 0 Å². The van der Waals surface area contributed by atoms with Gasteiger partial charge in [0.1, 0.15) is 18.8 Å². The molecular formula is C11H13F3N2O2. The SMILES string of the molecule is Nc1cccc(OCCNC(=O)CC(F)(F)F)c1. The summed E-state index contributed by atoms with van der Waals surface area (Å²) in [5.41, 5.74) is 6.03. The Morgan fingerprint density at radius 2 is 2.11 bits per heavy atom. The molecule has 1 amide bonds. The second-order valence-electron chi connectivity index (χ2n) is 3.56. The molecule has 0 aliphatic heterocycles. The molecule has 7 heteroatoms. The molecule has 0 saturated carbocycles. The van der Waals surface area contributed by atoms with E-state index >= 15 is 0 Å². The van der Waals surface area contributed by atoms with E-state index in [0.29, 0.717) is 11.4 Å². The summed E-state index contributed by atoms with van der Waals surface area (Å²) in [6.07, 6.45) is -5.97.